The highest BCUT2D eigenvalue weighted by Crippen LogP contribution is 2.63. The van der Waals surface area contributed by atoms with Gasteiger partial charge in [-0.05, 0) is 27.7 Å². The number of allylic oxidation sites excluding steroid dienone is 1. The van der Waals surface area contributed by atoms with Crippen molar-refractivity contribution in [3.63, 3.8) is 0 Å². The first-order valence-corrected chi connectivity index (χ1v) is 7.46. The Balaban J connectivity index is 3.12. The van der Waals surface area contributed by atoms with Gasteiger partial charge in [-0.1, -0.05) is 20.8 Å². The number of rotatable bonds is 2. The lowest BCUT2D eigenvalue weighted by atomic mass is 9.94. The molecule has 1 heterocycles. The molecule has 0 fully saturated rings. The number of nitrogens with zero attached hydrogens (tertiary/aromatic N) is 1. The SMILES string of the molecule is CCOP1(=O)OC(C(C)(C)C)=CN1C(C)(C)C. The van der Waals surface area contributed by atoms with Crippen molar-refractivity contribution < 1.29 is 13.6 Å². The van der Waals surface area contributed by atoms with Crippen LogP contribution in [0.1, 0.15) is 48.5 Å². The predicted octanol–water partition coefficient (Wildman–Crippen LogP) is 4.15. The average Bonchev–Trinajstić information content (AvgIpc) is 2.42. The molecule has 1 atom stereocenters. The Bertz CT molecular complexity index is 363. The van der Waals surface area contributed by atoms with Crippen molar-refractivity contribution in [2.45, 2.75) is 54.0 Å². The van der Waals surface area contributed by atoms with E-state index in [1.807, 2.05) is 54.7 Å². The molecule has 0 aromatic heterocycles. The minimum Gasteiger partial charge on any atom is -0.411 e. The van der Waals surface area contributed by atoms with Crippen molar-refractivity contribution in [2.75, 3.05) is 6.61 Å². The number of hydrogen-bond donors (Lipinski definition) is 0. The molecule has 1 aliphatic heterocycles. The first-order chi connectivity index (χ1) is 7.50. The van der Waals surface area contributed by atoms with Gasteiger partial charge in [0, 0.05) is 11.0 Å². The third-order valence-electron chi connectivity index (χ3n) is 2.44. The third-order valence-corrected chi connectivity index (χ3v) is 4.69. The Kier molecular flexibility index (Phi) is 3.71. The second-order valence-electron chi connectivity index (χ2n) is 6.24. The van der Waals surface area contributed by atoms with E-state index in [9.17, 15) is 4.57 Å². The van der Waals surface area contributed by atoms with Gasteiger partial charge in [0.25, 0.3) is 0 Å². The van der Waals surface area contributed by atoms with E-state index in [1.54, 1.807) is 4.67 Å². The van der Waals surface area contributed by atoms with Gasteiger partial charge >= 0.3 is 7.75 Å². The molecule has 0 aliphatic carbocycles. The predicted molar refractivity (Wildman–Crippen MR) is 69.4 cm³/mol. The molecule has 0 aromatic carbocycles. The Morgan fingerprint density at radius 1 is 1.29 bits per heavy atom. The quantitative estimate of drug-likeness (QED) is 0.700. The van der Waals surface area contributed by atoms with E-state index >= 15 is 0 Å². The van der Waals surface area contributed by atoms with Gasteiger partial charge in [-0.15, -0.1) is 0 Å². The van der Waals surface area contributed by atoms with Crippen LogP contribution in [0.3, 0.4) is 0 Å². The van der Waals surface area contributed by atoms with Crippen LogP contribution in [0.2, 0.25) is 0 Å². The maximum Gasteiger partial charge on any atom is 0.488 e. The highest BCUT2D eigenvalue weighted by atomic mass is 31.2. The van der Waals surface area contributed by atoms with Gasteiger partial charge < -0.3 is 4.52 Å². The maximum absolute atomic E-state index is 12.7. The summed E-state index contributed by atoms with van der Waals surface area (Å²) in [4.78, 5) is 0. The fourth-order valence-electron chi connectivity index (χ4n) is 1.52. The summed E-state index contributed by atoms with van der Waals surface area (Å²) < 4.78 is 25.4. The molecule has 1 rings (SSSR count). The minimum absolute atomic E-state index is 0.174. The highest BCUT2D eigenvalue weighted by Gasteiger charge is 2.47. The zero-order valence-electron chi connectivity index (χ0n) is 11.9. The van der Waals surface area contributed by atoms with E-state index < -0.39 is 7.75 Å². The summed E-state index contributed by atoms with van der Waals surface area (Å²) in [6.07, 6.45) is 1.83. The Labute approximate surface area is 105 Å². The third kappa shape index (κ3) is 3.05. The Hall–Kier alpha value is -0.470. The van der Waals surface area contributed by atoms with Crippen molar-refractivity contribution in [1.82, 2.24) is 4.67 Å². The molecule has 0 saturated heterocycles. The van der Waals surface area contributed by atoms with Crippen molar-refractivity contribution in [3.05, 3.63) is 12.0 Å². The summed E-state index contributed by atoms with van der Waals surface area (Å²) in [7, 11) is -3.21. The largest absolute Gasteiger partial charge is 0.488 e. The number of hydrogen-bond acceptors (Lipinski definition) is 3. The lowest BCUT2D eigenvalue weighted by molar-refractivity contribution is 0.184. The van der Waals surface area contributed by atoms with Crippen molar-refractivity contribution in [1.29, 1.82) is 0 Å². The second-order valence-corrected chi connectivity index (χ2v) is 8.05. The van der Waals surface area contributed by atoms with Gasteiger partial charge in [-0.25, -0.2) is 4.57 Å². The molecule has 0 aromatic rings. The van der Waals surface area contributed by atoms with Crippen LogP contribution in [-0.2, 0) is 13.6 Å². The zero-order valence-corrected chi connectivity index (χ0v) is 12.8. The van der Waals surface area contributed by atoms with Gasteiger partial charge in [-0.2, -0.15) is 0 Å². The van der Waals surface area contributed by atoms with Crippen LogP contribution < -0.4 is 0 Å². The maximum atomic E-state index is 12.7. The van der Waals surface area contributed by atoms with Crippen LogP contribution >= 0.6 is 7.75 Å². The monoisotopic (exact) mass is 261 g/mol. The van der Waals surface area contributed by atoms with E-state index in [0.29, 0.717) is 12.4 Å². The van der Waals surface area contributed by atoms with Crippen LogP contribution in [-0.4, -0.2) is 16.8 Å². The highest BCUT2D eigenvalue weighted by molar-refractivity contribution is 7.51. The van der Waals surface area contributed by atoms with Gasteiger partial charge in [0.05, 0.1) is 12.8 Å². The van der Waals surface area contributed by atoms with Crippen LogP contribution in [0.25, 0.3) is 0 Å². The van der Waals surface area contributed by atoms with E-state index in [1.165, 1.54) is 0 Å². The lowest BCUT2D eigenvalue weighted by Gasteiger charge is -2.33. The summed E-state index contributed by atoms with van der Waals surface area (Å²) in [5.41, 5.74) is -0.468. The van der Waals surface area contributed by atoms with Gasteiger partial charge in [0.1, 0.15) is 5.76 Å². The van der Waals surface area contributed by atoms with Crippen LogP contribution in [0.4, 0.5) is 0 Å². The van der Waals surface area contributed by atoms with Crippen molar-refractivity contribution in [2.24, 2.45) is 5.41 Å². The molecule has 0 bridgehead atoms. The normalized spacial score (nSPS) is 25.8. The molecule has 17 heavy (non-hydrogen) atoms. The summed E-state index contributed by atoms with van der Waals surface area (Å²) in [5.74, 6) is 0.712. The van der Waals surface area contributed by atoms with E-state index in [-0.39, 0.29) is 11.0 Å². The van der Waals surface area contributed by atoms with Crippen LogP contribution in [0, 0.1) is 5.41 Å². The Morgan fingerprint density at radius 3 is 2.18 bits per heavy atom. The fraction of sp³-hybridized carbons (Fsp3) is 0.833. The summed E-state index contributed by atoms with van der Waals surface area (Å²) >= 11 is 0. The van der Waals surface area contributed by atoms with Gasteiger partial charge in [-0.3, -0.25) is 9.19 Å². The smallest absolute Gasteiger partial charge is 0.411 e. The minimum atomic E-state index is -3.21. The summed E-state index contributed by atoms with van der Waals surface area (Å²) in [5, 5.41) is 0. The molecule has 5 heteroatoms. The molecular weight excluding hydrogens is 237 g/mol. The van der Waals surface area contributed by atoms with Crippen LogP contribution in [0.5, 0.6) is 0 Å². The molecule has 4 nitrogen and oxygen atoms in total. The second kappa shape index (κ2) is 4.33. The van der Waals surface area contributed by atoms with Crippen molar-refractivity contribution in [3.8, 4) is 0 Å². The van der Waals surface area contributed by atoms with Gasteiger partial charge in [0.2, 0.25) is 0 Å². The van der Waals surface area contributed by atoms with Gasteiger partial charge in [0.15, 0.2) is 0 Å². The van der Waals surface area contributed by atoms with E-state index in [4.69, 9.17) is 9.05 Å². The topological polar surface area (TPSA) is 38.8 Å². The molecule has 0 N–H and O–H groups in total. The summed E-state index contributed by atoms with van der Waals surface area (Å²) in [6.45, 7) is 14.2. The van der Waals surface area contributed by atoms with E-state index in [2.05, 4.69) is 0 Å². The molecule has 100 valence electrons. The molecule has 0 spiro atoms. The molecule has 1 aliphatic rings. The Morgan fingerprint density at radius 2 is 1.82 bits per heavy atom. The molecule has 0 radical (unpaired) electrons. The standard InChI is InChI=1S/C12H24NO3P/c1-8-15-17(14)13(12(5,6)7)9-10(16-17)11(2,3)4/h9H,8H2,1-7H3. The molecule has 0 amide bonds. The van der Waals surface area contributed by atoms with Crippen LogP contribution in [0.15, 0.2) is 12.0 Å². The average molecular weight is 261 g/mol. The first-order valence-electron chi connectivity index (χ1n) is 5.97. The molecule has 0 saturated carbocycles. The fourth-order valence-corrected chi connectivity index (χ4v) is 3.66. The molecule has 1 unspecified atom stereocenters. The lowest BCUT2D eigenvalue weighted by Crippen LogP contribution is -2.33. The van der Waals surface area contributed by atoms with Crippen molar-refractivity contribution >= 4 is 7.75 Å². The summed E-state index contributed by atoms with van der Waals surface area (Å²) in [6, 6.07) is 0. The first kappa shape index (κ1) is 14.6. The van der Waals surface area contributed by atoms with E-state index in [0.717, 1.165) is 0 Å². The molecular formula is C12H24NO3P. The zero-order chi connectivity index (χ0) is 13.5.